The molecular formula is C10H9F3OS. The molecule has 1 aliphatic rings. The maximum Gasteiger partial charge on any atom is 0.425 e. The molecule has 15 heavy (non-hydrogen) atoms. The smallest absolute Gasteiger partial charge is 0.425 e. The quantitative estimate of drug-likeness (QED) is 0.677. The van der Waals surface area contributed by atoms with E-state index in [4.69, 9.17) is 4.74 Å². The summed E-state index contributed by atoms with van der Waals surface area (Å²) >= 11 is 4.15. The largest absolute Gasteiger partial charge is 0.481 e. The second-order valence-electron chi connectivity index (χ2n) is 3.44. The first-order chi connectivity index (χ1) is 6.98. The minimum Gasteiger partial charge on any atom is -0.481 e. The van der Waals surface area contributed by atoms with Gasteiger partial charge in [-0.3, -0.25) is 0 Å². The van der Waals surface area contributed by atoms with Crippen LogP contribution in [0.4, 0.5) is 13.2 Å². The second kappa shape index (κ2) is 3.63. The molecule has 0 amide bonds. The first-order valence-electron chi connectivity index (χ1n) is 4.49. The van der Waals surface area contributed by atoms with Gasteiger partial charge < -0.3 is 4.74 Å². The first kappa shape index (κ1) is 10.7. The number of thiol groups is 1. The van der Waals surface area contributed by atoms with Gasteiger partial charge in [0.2, 0.25) is 0 Å². The lowest BCUT2D eigenvalue weighted by Gasteiger charge is -2.30. The summed E-state index contributed by atoms with van der Waals surface area (Å²) in [6.45, 7) is 0. The lowest BCUT2D eigenvalue weighted by molar-refractivity contribution is -0.199. The van der Waals surface area contributed by atoms with Gasteiger partial charge in [0.1, 0.15) is 5.75 Å². The Bertz CT molecular complexity index is 364. The minimum absolute atomic E-state index is 0.135. The van der Waals surface area contributed by atoms with Gasteiger partial charge in [-0.05, 0) is 6.07 Å². The monoisotopic (exact) mass is 234 g/mol. The summed E-state index contributed by atoms with van der Waals surface area (Å²) in [4.78, 5) is 0. The Kier molecular flexibility index (Phi) is 2.58. The fourth-order valence-electron chi connectivity index (χ4n) is 1.59. The number of rotatable bonds is 0. The number of halogens is 3. The number of para-hydroxylation sites is 1. The van der Waals surface area contributed by atoms with E-state index in [2.05, 4.69) is 12.6 Å². The Hall–Kier alpha value is -0.840. The Labute approximate surface area is 90.7 Å². The van der Waals surface area contributed by atoms with Gasteiger partial charge in [-0.15, -0.1) is 0 Å². The number of hydrogen-bond donors (Lipinski definition) is 1. The van der Waals surface area contributed by atoms with E-state index < -0.39 is 17.5 Å². The van der Waals surface area contributed by atoms with Crippen LogP contribution >= 0.6 is 12.6 Å². The summed E-state index contributed by atoms with van der Waals surface area (Å²) in [6, 6.07) is 6.69. The molecule has 0 unspecified atom stereocenters. The molecule has 0 spiro atoms. The van der Waals surface area contributed by atoms with Crippen molar-refractivity contribution in [2.45, 2.75) is 24.0 Å². The van der Waals surface area contributed by atoms with E-state index in [0.29, 0.717) is 0 Å². The van der Waals surface area contributed by atoms with E-state index in [1.54, 1.807) is 18.2 Å². The SMILES string of the molecule is FC(F)(F)[C@@H]1C[C@@H](S)c2ccccc2O1. The minimum atomic E-state index is -4.32. The third-order valence-corrected chi connectivity index (χ3v) is 2.84. The molecule has 0 aliphatic carbocycles. The lowest BCUT2D eigenvalue weighted by Crippen LogP contribution is -2.37. The molecule has 0 N–H and O–H groups in total. The van der Waals surface area contributed by atoms with Crippen LogP contribution in [-0.4, -0.2) is 12.3 Å². The number of benzene rings is 1. The van der Waals surface area contributed by atoms with E-state index in [-0.39, 0.29) is 12.2 Å². The highest BCUT2D eigenvalue weighted by molar-refractivity contribution is 7.80. The van der Waals surface area contributed by atoms with Gasteiger partial charge in [-0.1, -0.05) is 18.2 Å². The molecule has 1 aromatic rings. The Morgan fingerprint density at radius 2 is 1.93 bits per heavy atom. The molecule has 1 aliphatic heterocycles. The summed E-state index contributed by atoms with van der Waals surface area (Å²) in [5, 5.41) is -0.415. The van der Waals surface area contributed by atoms with Crippen LogP contribution in [0.3, 0.4) is 0 Å². The van der Waals surface area contributed by atoms with Crippen molar-refractivity contribution in [3.05, 3.63) is 29.8 Å². The summed E-state index contributed by atoms with van der Waals surface area (Å²) in [6.07, 6.45) is -6.20. The highest BCUT2D eigenvalue weighted by Gasteiger charge is 2.45. The van der Waals surface area contributed by atoms with E-state index in [9.17, 15) is 13.2 Å². The standard InChI is InChI=1S/C10H9F3OS/c11-10(12,13)9-5-8(15)6-3-1-2-4-7(6)14-9/h1-4,8-9,15H,5H2/t8-,9+/m1/s1. The summed E-state index contributed by atoms with van der Waals surface area (Å²) < 4.78 is 42.2. The molecule has 0 saturated heterocycles. The summed E-state index contributed by atoms with van der Waals surface area (Å²) in [7, 11) is 0. The van der Waals surface area contributed by atoms with Crippen molar-refractivity contribution in [3.63, 3.8) is 0 Å². The van der Waals surface area contributed by atoms with Gasteiger partial charge in [0.25, 0.3) is 0 Å². The zero-order valence-electron chi connectivity index (χ0n) is 7.66. The predicted molar refractivity (Wildman–Crippen MR) is 53.3 cm³/mol. The van der Waals surface area contributed by atoms with Crippen LogP contribution in [0, 0.1) is 0 Å². The van der Waals surface area contributed by atoms with E-state index in [1.807, 2.05) is 0 Å². The van der Waals surface area contributed by atoms with Gasteiger partial charge in [0.05, 0.1) is 0 Å². The zero-order chi connectivity index (χ0) is 11.1. The molecule has 82 valence electrons. The van der Waals surface area contributed by atoms with Gasteiger partial charge >= 0.3 is 6.18 Å². The van der Waals surface area contributed by atoms with E-state index in [0.717, 1.165) is 5.56 Å². The van der Waals surface area contributed by atoms with Crippen molar-refractivity contribution < 1.29 is 17.9 Å². The molecule has 1 nitrogen and oxygen atoms in total. The highest BCUT2D eigenvalue weighted by atomic mass is 32.1. The van der Waals surface area contributed by atoms with Crippen LogP contribution in [0.15, 0.2) is 24.3 Å². The maximum absolute atomic E-state index is 12.4. The lowest BCUT2D eigenvalue weighted by atomic mass is 10.0. The summed E-state index contributed by atoms with van der Waals surface area (Å²) in [5.74, 6) is 0.283. The highest BCUT2D eigenvalue weighted by Crippen LogP contribution is 2.42. The molecule has 0 bridgehead atoms. The molecule has 0 radical (unpaired) electrons. The Balaban J connectivity index is 2.30. The molecule has 0 aromatic heterocycles. The van der Waals surface area contributed by atoms with Gasteiger partial charge in [0.15, 0.2) is 6.10 Å². The van der Waals surface area contributed by atoms with Crippen molar-refractivity contribution >= 4 is 12.6 Å². The fraction of sp³-hybridized carbons (Fsp3) is 0.400. The van der Waals surface area contributed by atoms with Crippen molar-refractivity contribution in [1.29, 1.82) is 0 Å². The Morgan fingerprint density at radius 1 is 1.27 bits per heavy atom. The van der Waals surface area contributed by atoms with Crippen molar-refractivity contribution in [3.8, 4) is 5.75 Å². The molecule has 2 atom stereocenters. The van der Waals surface area contributed by atoms with Crippen LogP contribution in [0.1, 0.15) is 17.2 Å². The number of alkyl halides is 3. The molecule has 0 saturated carbocycles. The molecule has 1 aromatic carbocycles. The van der Waals surface area contributed by atoms with Crippen LogP contribution in [0.2, 0.25) is 0 Å². The van der Waals surface area contributed by atoms with Crippen LogP contribution in [-0.2, 0) is 0 Å². The van der Waals surface area contributed by atoms with E-state index in [1.165, 1.54) is 6.07 Å². The fourth-order valence-corrected chi connectivity index (χ4v) is 2.00. The molecule has 0 fully saturated rings. The van der Waals surface area contributed by atoms with Gasteiger partial charge in [0, 0.05) is 17.2 Å². The van der Waals surface area contributed by atoms with Crippen molar-refractivity contribution in [2.24, 2.45) is 0 Å². The summed E-state index contributed by atoms with van der Waals surface area (Å²) in [5.41, 5.74) is 0.723. The normalized spacial score (nSPS) is 25.6. The van der Waals surface area contributed by atoms with E-state index >= 15 is 0 Å². The van der Waals surface area contributed by atoms with Crippen molar-refractivity contribution in [1.82, 2.24) is 0 Å². The van der Waals surface area contributed by atoms with Crippen LogP contribution in [0.25, 0.3) is 0 Å². The number of fused-ring (bicyclic) bond motifs is 1. The number of hydrogen-bond acceptors (Lipinski definition) is 2. The Morgan fingerprint density at radius 3 is 2.60 bits per heavy atom. The van der Waals surface area contributed by atoms with Gasteiger partial charge in [-0.25, -0.2) is 0 Å². The van der Waals surface area contributed by atoms with Crippen LogP contribution < -0.4 is 4.74 Å². The molecule has 2 rings (SSSR count). The van der Waals surface area contributed by atoms with Crippen molar-refractivity contribution in [2.75, 3.05) is 0 Å². The zero-order valence-corrected chi connectivity index (χ0v) is 8.55. The third kappa shape index (κ3) is 2.07. The van der Waals surface area contributed by atoms with Gasteiger partial charge in [-0.2, -0.15) is 25.8 Å². The molecule has 1 heterocycles. The molecule has 5 heteroatoms. The predicted octanol–water partition coefficient (Wildman–Crippen LogP) is 3.37. The van der Waals surface area contributed by atoms with Crippen LogP contribution in [0.5, 0.6) is 5.75 Å². The molecular weight excluding hydrogens is 225 g/mol. The topological polar surface area (TPSA) is 9.23 Å². The number of ether oxygens (including phenoxy) is 1. The average molecular weight is 234 g/mol. The maximum atomic E-state index is 12.4. The third-order valence-electron chi connectivity index (χ3n) is 2.35. The second-order valence-corrected chi connectivity index (χ2v) is 4.06. The first-order valence-corrected chi connectivity index (χ1v) is 5.00. The average Bonchev–Trinajstić information content (AvgIpc) is 2.16.